The number of hydrogen-bond acceptors (Lipinski definition) is 6. The lowest BCUT2D eigenvalue weighted by molar-refractivity contribution is -0.383. The first kappa shape index (κ1) is 19.1. The summed E-state index contributed by atoms with van der Waals surface area (Å²) in [5.74, 6) is 0.273. The van der Waals surface area contributed by atoms with E-state index in [4.69, 9.17) is 0 Å². The summed E-state index contributed by atoms with van der Waals surface area (Å²) in [5.41, 5.74) is 2.43. The summed E-state index contributed by atoms with van der Waals surface area (Å²) in [7, 11) is 0. The van der Waals surface area contributed by atoms with E-state index in [1.54, 1.807) is 0 Å². The van der Waals surface area contributed by atoms with Crippen molar-refractivity contribution in [2.45, 2.75) is 6.04 Å². The normalized spacial score (nSPS) is 10.6. The van der Waals surface area contributed by atoms with Crippen LogP contribution in [-0.4, -0.2) is 14.9 Å². The second kappa shape index (κ2) is 8.83. The zero-order valence-corrected chi connectivity index (χ0v) is 16.0. The SMILES string of the molecule is O=[N+]([O-])c1c(Nc2ccccc2)ncnc1NC(c1ccccc1)c1ccccc1. The lowest BCUT2D eigenvalue weighted by Gasteiger charge is -2.20. The number of anilines is 3. The van der Waals surface area contributed by atoms with E-state index >= 15 is 0 Å². The number of aromatic nitrogens is 2. The van der Waals surface area contributed by atoms with Gasteiger partial charge in [-0.15, -0.1) is 0 Å². The molecule has 7 nitrogen and oxygen atoms in total. The standard InChI is InChI=1S/C23H19N5O2/c29-28(30)21-22(26-19-14-8-3-9-15-19)24-16-25-23(21)27-20(17-10-4-1-5-11-17)18-12-6-2-7-13-18/h1-16,20H,(H2,24,25,26,27). The van der Waals surface area contributed by atoms with Crippen molar-refractivity contribution < 1.29 is 4.92 Å². The zero-order chi connectivity index (χ0) is 20.8. The predicted octanol–water partition coefficient (Wildman–Crippen LogP) is 5.33. The molecule has 4 aromatic rings. The highest BCUT2D eigenvalue weighted by atomic mass is 16.6. The van der Waals surface area contributed by atoms with E-state index in [1.165, 1.54) is 6.33 Å². The molecule has 0 atom stereocenters. The Labute approximate surface area is 173 Å². The summed E-state index contributed by atoms with van der Waals surface area (Å²) < 4.78 is 0. The molecule has 4 rings (SSSR count). The van der Waals surface area contributed by atoms with Gasteiger partial charge in [0.1, 0.15) is 6.33 Å². The van der Waals surface area contributed by atoms with Gasteiger partial charge in [-0.25, -0.2) is 9.97 Å². The van der Waals surface area contributed by atoms with E-state index in [0.717, 1.165) is 11.1 Å². The molecule has 0 spiro atoms. The molecule has 0 aliphatic heterocycles. The van der Waals surface area contributed by atoms with Crippen LogP contribution in [0.2, 0.25) is 0 Å². The summed E-state index contributed by atoms with van der Waals surface area (Å²) in [6, 6.07) is 28.4. The molecule has 1 heterocycles. The van der Waals surface area contributed by atoms with Crippen molar-refractivity contribution >= 4 is 23.0 Å². The minimum absolute atomic E-state index is 0.128. The summed E-state index contributed by atoms with van der Waals surface area (Å²) in [4.78, 5) is 19.8. The lowest BCUT2D eigenvalue weighted by atomic mass is 9.99. The fourth-order valence-corrected chi connectivity index (χ4v) is 3.19. The first-order valence-corrected chi connectivity index (χ1v) is 9.40. The molecule has 148 valence electrons. The average molecular weight is 397 g/mol. The molecule has 2 N–H and O–H groups in total. The summed E-state index contributed by atoms with van der Waals surface area (Å²) in [6.45, 7) is 0. The topological polar surface area (TPSA) is 93.0 Å². The maximum absolute atomic E-state index is 11.9. The number of para-hydroxylation sites is 1. The molecule has 0 aliphatic carbocycles. The number of rotatable bonds is 7. The highest BCUT2D eigenvalue weighted by molar-refractivity contribution is 5.74. The Hall–Kier alpha value is -4.26. The Morgan fingerprint density at radius 2 is 1.23 bits per heavy atom. The first-order chi connectivity index (χ1) is 14.7. The predicted molar refractivity (Wildman–Crippen MR) is 117 cm³/mol. The monoisotopic (exact) mass is 397 g/mol. The Bertz CT molecular complexity index is 1080. The number of nitrogens with zero attached hydrogens (tertiary/aromatic N) is 3. The van der Waals surface area contributed by atoms with Crippen LogP contribution in [0.15, 0.2) is 97.3 Å². The van der Waals surface area contributed by atoms with Gasteiger partial charge >= 0.3 is 5.69 Å². The van der Waals surface area contributed by atoms with Crippen LogP contribution in [0, 0.1) is 10.1 Å². The van der Waals surface area contributed by atoms with E-state index in [9.17, 15) is 10.1 Å². The molecule has 0 saturated carbocycles. The molecule has 3 aromatic carbocycles. The molecule has 0 fully saturated rings. The highest BCUT2D eigenvalue weighted by Gasteiger charge is 2.26. The van der Waals surface area contributed by atoms with Crippen molar-refractivity contribution in [3.63, 3.8) is 0 Å². The smallest absolute Gasteiger partial charge is 0.353 e. The second-order valence-corrected chi connectivity index (χ2v) is 6.57. The quantitative estimate of drug-likeness (QED) is 0.323. The number of benzene rings is 3. The fourth-order valence-electron chi connectivity index (χ4n) is 3.19. The molecule has 0 saturated heterocycles. The largest absolute Gasteiger partial charge is 0.353 e. The Balaban J connectivity index is 1.75. The van der Waals surface area contributed by atoms with E-state index in [0.29, 0.717) is 5.69 Å². The van der Waals surface area contributed by atoms with Gasteiger partial charge in [0.25, 0.3) is 0 Å². The third kappa shape index (κ3) is 4.25. The molecular weight excluding hydrogens is 378 g/mol. The van der Waals surface area contributed by atoms with Crippen molar-refractivity contribution in [1.82, 2.24) is 9.97 Å². The number of nitrogens with one attached hydrogen (secondary N) is 2. The van der Waals surface area contributed by atoms with Crippen LogP contribution in [0.4, 0.5) is 23.0 Å². The van der Waals surface area contributed by atoms with Crippen LogP contribution in [0.25, 0.3) is 0 Å². The zero-order valence-electron chi connectivity index (χ0n) is 16.0. The molecule has 30 heavy (non-hydrogen) atoms. The van der Waals surface area contributed by atoms with E-state index in [-0.39, 0.29) is 23.4 Å². The molecule has 0 radical (unpaired) electrons. The lowest BCUT2D eigenvalue weighted by Crippen LogP contribution is -2.15. The van der Waals surface area contributed by atoms with Crippen molar-refractivity contribution in [3.05, 3.63) is 119 Å². The van der Waals surface area contributed by atoms with Crippen LogP contribution in [-0.2, 0) is 0 Å². The van der Waals surface area contributed by atoms with Gasteiger partial charge in [-0.1, -0.05) is 78.9 Å². The van der Waals surface area contributed by atoms with Gasteiger partial charge in [-0.05, 0) is 23.3 Å². The maximum Gasteiger partial charge on any atom is 0.353 e. The van der Waals surface area contributed by atoms with Gasteiger partial charge < -0.3 is 10.6 Å². The molecule has 0 unspecified atom stereocenters. The van der Waals surface area contributed by atoms with Crippen LogP contribution in [0.3, 0.4) is 0 Å². The van der Waals surface area contributed by atoms with Gasteiger partial charge in [-0.2, -0.15) is 0 Å². The third-order valence-corrected chi connectivity index (χ3v) is 4.59. The van der Waals surface area contributed by atoms with Crippen molar-refractivity contribution in [1.29, 1.82) is 0 Å². The summed E-state index contributed by atoms with van der Waals surface area (Å²) >= 11 is 0. The second-order valence-electron chi connectivity index (χ2n) is 6.57. The Morgan fingerprint density at radius 3 is 1.77 bits per heavy atom. The van der Waals surface area contributed by atoms with Gasteiger partial charge in [-0.3, -0.25) is 10.1 Å². The van der Waals surface area contributed by atoms with Crippen LogP contribution in [0.5, 0.6) is 0 Å². The minimum Gasteiger partial charge on any atom is -0.353 e. The number of hydrogen-bond donors (Lipinski definition) is 2. The molecule has 0 aliphatic rings. The highest BCUT2D eigenvalue weighted by Crippen LogP contribution is 2.35. The van der Waals surface area contributed by atoms with E-state index < -0.39 is 4.92 Å². The average Bonchev–Trinajstić information content (AvgIpc) is 2.79. The number of nitro groups is 1. The van der Waals surface area contributed by atoms with Crippen molar-refractivity contribution in [2.24, 2.45) is 0 Å². The van der Waals surface area contributed by atoms with Crippen molar-refractivity contribution in [2.75, 3.05) is 10.6 Å². The maximum atomic E-state index is 11.9. The third-order valence-electron chi connectivity index (χ3n) is 4.59. The molecule has 0 amide bonds. The molecule has 1 aromatic heterocycles. The van der Waals surface area contributed by atoms with Crippen LogP contribution in [0.1, 0.15) is 17.2 Å². The van der Waals surface area contributed by atoms with E-state index in [2.05, 4.69) is 20.6 Å². The van der Waals surface area contributed by atoms with E-state index in [1.807, 2.05) is 91.0 Å². The molecule has 0 bridgehead atoms. The minimum atomic E-state index is -0.472. The van der Waals surface area contributed by atoms with Gasteiger partial charge in [0.15, 0.2) is 0 Å². The Kier molecular flexibility index (Phi) is 5.61. The molecule has 7 heteroatoms. The summed E-state index contributed by atoms with van der Waals surface area (Å²) in [5, 5.41) is 18.2. The van der Waals surface area contributed by atoms with Gasteiger partial charge in [0, 0.05) is 5.69 Å². The van der Waals surface area contributed by atoms with Gasteiger partial charge in [0.2, 0.25) is 11.6 Å². The van der Waals surface area contributed by atoms with Crippen LogP contribution < -0.4 is 10.6 Å². The molecular formula is C23H19N5O2. The van der Waals surface area contributed by atoms with Crippen LogP contribution >= 0.6 is 0 Å². The van der Waals surface area contributed by atoms with Gasteiger partial charge in [0.05, 0.1) is 11.0 Å². The van der Waals surface area contributed by atoms with Crippen molar-refractivity contribution in [3.8, 4) is 0 Å². The summed E-state index contributed by atoms with van der Waals surface area (Å²) in [6.07, 6.45) is 1.31. The first-order valence-electron chi connectivity index (χ1n) is 9.40. The fraction of sp³-hybridized carbons (Fsp3) is 0.0435. The Morgan fingerprint density at radius 1 is 0.733 bits per heavy atom.